The second-order valence-electron chi connectivity index (χ2n) is 7.95. The molecule has 1 unspecified atom stereocenters. The lowest BCUT2D eigenvalue weighted by atomic mass is 10.1. The summed E-state index contributed by atoms with van der Waals surface area (Å²) < 4.78 is 1.96. The van der Waals surface area contributed by atoms with Crippen LogP contribution < -0.4 is 15.5 Å². The number of hydrogen-bond donors (Lipinski definition) is 2. The number of benzene rings is 1. The van der Waals surface area contributed by atoms with E-state index in [1.54, 1.807) is 0 Å². The predicted octanol–water partition coefficient (Wildman–Crippen LogP) is 3.22. The summed E-state index contributed by atoms with van der Waals surface area (Å²) in [6.07, 6.45) is 3.02. The Bertz CT molecular complexity index is 788. The van der Waals surface area contributed by atoms with E-state index >= 15 is 0 Å². The number of guanidine groups is 1. The van der Waals surface area contributed by atoms with Crippen molar-refractivity contribution in [2.45, 2.75) is 53.0 Å². The van der Waals surface area contributed by atoms with E-state index in [-0.39, 0.29) is 6.04 Å². The maximum absolute atomic E-state index is 4.77. The number of nitrogens with one attached hydrogen (secondary N) is 2. The van der Waals surface area contributed by atoms with Gasteiger partial charge >= 0.3 is 0 Å². The molecule has 160 valence electrons. The quantitative estimate of drug-likeness (QED) is 0.387. The summed E-state index contributed by atoms with van der Waals surface area (Å²) in [5.74, 6) is 0.891. The van der Waals surface area contributed by atoms with Crippen molar-refractivity contribution in [1.29, 1.82) is 0 Å². The molecule has 2 aromatic rings. The minimum absolute atomic E-state index is 0.285. The first-order chi connectivity index (χ1) is 13.8. The molecule has 2 N–H and O–H groups in total. The van der Waals surface area contributed by atoms with Crippen LogP contribution in [-0.4, -0.2) is 49.0 Å². The Morgan fingerprint density at radius 3 is 2.45 bits per heavy atom. The molecule has 0 bridgehead atoms. The fourth-order valence-corrected chi connectivity index (χ4v) is 3.46. The van der Waals surface area contributed by atoms with E-state index < -0.39 is 0 Å². The molecular weight excluding hydrogens is 360 g/mol. The SMILES string of the molecule is CCNC(=NCCCc1ccc(N(C)C)cc1)NC(C)Cc1c(C)nn(C)c1C. The monoisotopic (exact) mass is 398 g/mol. The summed E-state index contributed by atoms with van der Waals surface area (Å²) in [6.45, 7) is 10.2. The van der Waals surface area contributed by atoms with Gasteiger partial charge in [0.1, 0.15) is 0 Å². The maximum atomic E-state index is 4.77. The fourth-order valence-electron chi connectivity index (χ4n) is 3.46. The molecule has 6 heteroatoms. The molecule has 0 aliphatic heterocycles. The van der Waals surface area contributed by atoms with Gasteiger partial charge in [0.15, 0.2) is 5.96 Å². The van der Waals surface area contributed by atoms with Gasteiger partial charge in [0.05, 0.1) is 5.69 Å². The molecule has 0 radical (unpaired) electrons. The second kappa shape index (κ2) is 10.9. The molecule has 2 rings (SSSR count). The molecule has 0 saturated heterocycles. The molecule has 29 heavy (non-hydrogen) atoms. The van der Waals surface area contributed by atoms with Crippen LogP contribution in [0.4, 0.5) is 5.69 Å². The van der Waals surface area contributed by atoms with Crippen LogP contribution in [0.15, 0.2) is 29.3 Å². The molecular formula is C23H38N6. The van der Waals surface area contributed by atoms with E-state index in [0.717, 1.165) is 44.0 Å². The van der Waals surface area contributed by atoms with Crippen molar-refractivity contribution >= 4 is 11.6 Å². The van der Waals surface area contributed by atoms with Crippen LogP contribution in [0.25, 0.3) is 0 Å². The largest absolute Gasteiger partial charge is 0.378 e. The van der Waals surface area contributed by atoms with Gasteiger partial charge in [0.25, 0.3) is 0 Å². The number of aromatic nitrogens is 2. The van der Waals surface area contributed by atoms with Crippen LogP contribution in [0, 0.1) is 13.8 Å². The van der Waals surface area contributed by atoms with Gasteiger partial charge < -0.3 is 15.5 Å². The third kappa shape index (κ3) is 6.80. The Morgan fingerprint density at radius 2 is 1.90 bits per heavy atom. The standard InChI is InChI=1S/C23H38N6/c1-8-24-23(26-17(2)16-22-18(3)27-29(7)19(22)4)25-15-9-10-20-11-13-21(14-12-20)28(5)6/h11-14,17H,8-10,15-16H2,1-7H3,(H2,24,25,26). The molecule has 1 heterocycles. The van der Waals surface area contributed by atoms with Crippen molar-refractivity contribution in [2.24, 2.45) is 12.0 Å². The van der Waals surface area contributed by atoms with Gasteiger partial charge in [-0.05, 0) is 70.2 Å². The van der Waals surface area contributed by atoms with E-state index in [9.17, 15) is 0 Å². The van der Waals surface area contributed by atoms with Crippen molar-refractivity contribution in [3.8, 4) is 0 Å². The highest BCUT2D eigenvalue weighted by molar-refractivity contribution is 5.80. The van der Waals surface area contributed by atoms with Crippen LogP contribution in [0.5, 0.6) is 0 Å². The minimum atomic E-state index is 0.285. The summed E-state index contributed by atoms with van der Waals surface area (Å²) in [5.41, 5.74) is 6.27. The fraction of sp³-hybridized carbons (Fsp3) is 0.565. The zero-order valence-corrected chi connectivity index (χ0v) is 19.2. The average Bonchev–Trinajstić information content (AvgIpc) is 2.91. The van der Waals surface area contributed by atoms with Crippen molar-refractivity contribution in [2.75, 3.05) is 32.1 Å². The first kappa shape index (κ1) is 22.8. The van der Waals surface area contributed by atoms with E-state index in [1.807, 2.05) is 11.7 Å². The van der Waals surface area contributed by atoms with Crippen molar-refractivity contribution in [3.63, 3.8) is 0 Å². The van der Waals surface area contributed by atoms with Crippen LogP contribution in [0.3, 0.4) is 0 Å². The molecule has 1 atom stereocenters. The molecule has 0 spiro atoms. The van der Waals surface area contributed by atoms with Gasteiger partial charge in [-0.25, -0.2) is 0 Å². The number of hydrogen-bond acceptors (Lipinski definition) is 3. The summed E-state index contributed by atoms with van der Waals surface area (Å²) in [6, 6.07) is 9.06. The predicted molar refractivity (Wildman–Crippen MR) is 124 cm³/mol. The normalized spacial score (nSPS) is 12.7. The van der Waals surface area contributed by atoms with Gasteiger partial charge in [-0.1, -0.05) is 12.1 Å². The molecule has 1 aromatic heterocycles. The number of aryl methyl sites for hydroxylation is 3. The van der Waals surface area contributed by atoms with Crippen molar-refractivity contribution in [1.82, 2.24) is 20.4 Å². The number of rotatable bonds is 9. The second-order valence-corrected chi connectivity index (χ2v) is 7.95. The van der Waals surface area contributed by atoms with E-state index in [1.165, 1.54) is 22.5 Å². The summed E-state index contributed by atoms with van der Waals surface area (Å²) in [5, 5.41) is 11.4. The zero-order valence-electron chi connectivity index (χ0n) is 19.2. The average molecular weight is 399 g/mol. The molecule has 0 aliphatic rings. The highest BCUT2D eigenvalue weighted by Gasteiger charge is 2.13. The summed E-state index contributed by atoms with van der Waals surface area (Å²) >= 11 is 0. The van der Waals surface area contributed by atoms with E-state index in [0.29, 0.717) is 0 Å². The first-order valence-electron chi connectivity index (χ1n) is 10.6. The van der Waals surface area contributed by atoms with Crippen LogP contribution in [-0.2, 0) is 19.9 Å². The number of nitrogens with zero attached hydrogens (tertiary/aromatic N) is 4. The van der Waals surface area contributed by atoms with Crippen molar-refractivity contribution in [3.05, 3.63) is 46.8 Å². The third-order valence-electron chi connectivity index (χ3n) is 5.24. The Morgan fingerprint density at radius 1 is 1.21 bits per heavy atom. The van der Waals surface area contributed by atoms with Crippen LogP contribution in [0.2, 0.25) is 0 Å². The molecule has 0 amide bonds. The molecule has 1 aromatic carbocycles. The molecule has 6 nitrogen and oxygen atoms in total. The summed E-state index contributed by atoms with van der Waals surface area (Å²) in [7, 11) is 6.14. The molecule has 0 saturated carbocycles. The lowest BCUT2D eigenvalue weighted by molar-refractivity contribution is 0.634. The van der Waals surface area contributed by atoms with Gasteiger partial charge in [-0.15, -0.1) is 0 Å². The van der Waals surface area contributed by atoms with E-state index in [4.69, 9.17) is 4.99 Å². The van der Waals surface area contributed by atoms with Crippen molar-refractivity contribution < 1.29 is 0 Å². The van der Waals surface area contributed by atoms with Gasteiger partial charge in [0, 0.05) is 51.7 Å². The smallest absolute Gasteiger partial charge is 0.191 e. The van der Waals surface area contributed by atoms with Crippen LogP contribution >= 0.6 is 0 Å². The molecule has 0 fully saturated rings. The van der Waals surface area contributed by atoms with Gasteiger partial charge in [0.2, 0.25) is 0 Å². The minimum Gasteiger partial charge on any atom is -0.378 e. The Hall–Kier alpha value is -2.50. The number of anilines is 1. The van der Waals surface area contributed by atoms with Gasteiger partial charge in [-0.3, -0.25) is 9.67 Å². The Kier molecular flexibility index (Phi) is 8.55. The Labute approximate surface area is 176 Å². The lowest BCUT2D eigenvalue weighted by Crippen LogP contribution is -2.43. The third-order valence-corrected chi connectivity index (χ3v) is 5.24. The number of aliphatic imine (C=N–C) groups is 1. The lowest BCUT2D eigenvalue weighted by Gasteiger charge is -2.18. The molecule has 0 aliphatic carbocycles. The summed E-state index contributed by atoms with van der Waals surface area (Å²) in [4.78, 5) is 6.89. The van der Waals surface area contributed by atoms with Crippen LogP contribution in [0.1, 0.15) is 42.8 Å². The first-order valence-corrected chi connectivity index (χ1v) is 10.6. The maximum Gasteiger partial charge on any atom is 0.191 e. The highest BCUT2D eigenvalue weighted by atomic mass is 15.3. The highest BCUT2D eigenvalue weighted by Crippen LogP contribution is 2.15. The zero-order chi connectivity index (χ0) is 21.4. The topological polar surface area (TPSA) is 57.5 Å². The van der Waals surface area contributed by atoms with Gasteiger partial charge in [-0.2, -0.15) is 5.10 Å². The Balaban J connectivity index is 1.86. The van der Waals surface area contributed by atoms with E-state index in [2.05, 4.69) is 86.7 Å².